The van der Waals surface area contributed by atoms with Crippen LogP contribution in [0.2, 0.25) is 0 Å². The van der Waals surface area contributed by atoms with Crippen LogP contribution in [0.4, 0.5) is 4.79 Å². The Bertz CT molecular complexity index is 1580. The maximum atomic E-state index is 13.7. The van der Waals surface area contributed by atoms with Crippen molar-refractivity contribution in [1.29, 1.82) is 5.26 Å². The summed E-state index contributed by atoms with van der Waals surface area (Å²) in [6.07, 6.45) is 6.39. The van der Waals surface area contributed by atoms with Gasteiger partial charge >= 0.3 is 13.1 Å². The number of amides is 3. The van der Waals surface area contributed by atoms with Gasteiger partial charge in [-0.3, -0.25) is 9.69 Å². The van der Waals surface area contributed by atoms with Gasteiger partial charge in [-0.2, -0.15) is 5.26 Å². The van der Waals surface area contributed by atoms with Crippen molar-refractivity contribution in [3.05, 3.63) is 36.1 Å². The molecule has 3 aliphatic carbocycles. The van der Waals surface area contributed by atoms with Gasteiger partial charge in [-0.05, 0) is 88.2 Å². The molecule has 4 heterocycles. The third kappa shape index (κ3) is 6.37. The van der Waals surface area contributed by atoms with Gasteiger partial charge in [-0.1, -0.05) is 32.0 Å². The van der Waals surface area contributed by atoms with Crippen LogP contribution >= 0.6 is 0 Å². The van der Waals surface area contributed by atoms with Crippen LogP contribution in [0.5, 0.6) is 0 Å². The molecule has 3 saturated heterocycles. The summed E-state index contributed by atoms with van der Waals surface area (Å²) in [6, 6.07) is 9.70. The quantitative estimate of drug-likeness (QED) is 0.352. The van der Waals surface area contributed by atoms with Gasteiger partial charge in [0.2, 0.25) is 5.91 Å². The van der Waals surface area contributed by atoms with Crippen LogP contribution in [0.1, 0.15) is 72.3 Å². The lowest BCUT2D eigenvalue weighted by Crippen LogP contribution is -2.65. The highest BCUT2D eigenvalue weighted by Gasteiger charge is 2.68. The second-order valence-corrected chi connectivity index (χ2v) is 16.4. The van der Waals surface area contributed by atoms with Crippen LogP contribution in [-0.2, 0) is 25.3 Å². The summed E-state index contributed by atoms with van der Waals surface area (Å²) in [4.78, 5) is 31.5. The largest absolute Gasteiger partial charge is 0.482 e. The van der Waals surface area contributed by atoms with E-state index in [0.29, 0.717) is 51.0 Å². The van der Waals surface area contributed by atoms with Crippen molar-refractivity contribution in [3.63, 3.8) is 0 Å². The van der Waals surface area contributed by atoms with E-state index < -0.39 is 24.6 Å². The Morgan fingerprint density at radius 3 is 2.67 bits per heavy atom. The number of hydrogen-bond donors (Lipinski definition) is 2. The summed E-state index contributed by atoms with van der Waals surface area (Å²) in [5.41, 5.74) is 1.27. The van der Waals surface area contributed by atoms with Gasteiger partial charge in [-0.25, -0.2) is 4.79 Å². The molecule has 3 aliphatic heterocycles. The van der Waals surface area contributed by atoms with Gasteiger partial charge < -0.3 is 34.0 Å². The predicted molar refractivity (Wildman–Crippen MR) is 185 cm³/mol. The molecule has 6 unspecified atom stereocenters. The van der Waals surface area contributed by atoms with E-state index >= 15 is 0 Å². The molecule has 264 valence electrons. The number of hydrogen-bond acceptors (Lipinski definition) is 8. The number of likely N-dealkylation sites (tertiary alicyclic amines) is 1. The fraction of sp³-hybridized carbons (Fsp3) is 0.703. The number of nitriles is 1. The Kier molecular flexibility index (Phi) is 9.27. The Hall–Kier alpha value is -3.11. The van der Waals surface area contributed by atoms with E-state index in [2.05, 4.69) is 56.2 Å². The van der Waals surface area contributed by atoms with E-state index in [0.717, 1.165) is 55.3 Å². The fourth-order valence-electron chi connectivity index (χ4n) is 9.67. The normalized spacial score (nSPS) is 30.7. The average molecular weight is 674 g/mol. The lowest BCUT2D eigenvalue weighted by atomic mass is 9.43. The maximum Gasteiger partial charge on any atom is 0.482 e. The minimum Gasteiger partial charge on any atom is -0.464 e. The highest BCUT2D eigenvalue weighted by Crippen LogP contribution is 2.65. The second kappa shape index (κ2) is 13.2. The van der Waals surface area contributed by atoms with E-state index in [1.807, 2.05) is 24.3 Å². The topological polar surface area (TPSA) is 129 Å². The number of fused-ring (bicyclic) bond motifs is 1. The monoisotopic (exact) mass is 673 g/mol. The van der Waals surface area contributed by atoms with Crippen molar-refractivity contribution < 1.29 is 28.1 Å². The van der Waals surface area contributed by atoms with E-state index in [1.165, 1.54) is 0 Å². The molecular weight excluding hydrogens is 621 g/mol. The minimum absolute atomic E-state index is 0.0120. The van der Waals surface area contributed by atoms with E-state index in [9.17, 15) is 14.9 Å². The van der Waals surface area contributed by atoms with Crippen LogP contribution in [0.25, 0.3) is 11.0 Å². The van der Waals surface area contributed by atoms with Gasteiger partial charge in [0.1, 0.15) is 11.5 Å². The number of nitrogens with one attached hydrogen (secondary N) is 2. The van der Waals surface area contributed by atoms with Gasteiger partial charge in [0, 0.05) is 43.1 Å². The zero-order chi connectivity index (χ0) is 34.6. The molecule has 6 aliphatic rings. The van der Waals surface area contributed by atoms with Crippen molar-refractivity contribution in [2.45, 2.75) is 102 Å². The van der Waals surface area contributed by atoms with Gasteiger partial charge in [0.25, 0.3) is 0 Å². The standard InChI is InChI=1S/C37H52BN5O6/c1-35(2,42-13-15-46-16-14-42)20-25(21-39)33(44)43-12-8-9-27(43)22-40-34(45)41-32(17-24-23-47-29-11-7-6-10-28(24)29)38-48-31-19-26-18-30(36(26,3)4)37(31,5)49-38/h6-7,10-11,23,25-27,30-32H,8-9,12-20,22H2,1-5H3,(H2,40,41,45)/t25?,26?,27?,30?,31?,32?,37-/m0/s1. The molecule has 0 spiro atoms. The summed E-state index contributed by atoms with van der Waals surface area (Å²) in [5.74, 6) is -0.341. The summed E-state index contributed by atoms with van der Waals surface area (Å²) >= 11 is 0. The second-order valence-electron chi connectivity index (χ2n) is 16.4. The molecule has 3 amide bonds. The molecule has 49 heavy (non-hydrogen) atoms. The first-order valence-corrected chi connectivity index (χ1v) is 18.3. The number of benzene rings is 1. The molecule has 6 fully saturated rings. The molecular formula is C37H52BN5O6. The van der Waals surface area contributed by atoms with Crippen LogP contribution in [0.15, 0.2) is 34.9 Å². The van der Waals surface area contributed by atoms with Crippen LogP contribution in [0, 0.1) is 34.5 Å². The summed E-state index contributed by atoms with van der Waals surface area (Å²) in [7, 11) is -0.611. The van der Waals surface area contributed by atoms with Crippen molar-refractivity contribution >= 4 is 30.0 Å². The fourth-order valence-corrected chi connectivity index (χ4v) is 9.67. The Morgan fingerprint density at radius 2 is 1.92 bits per heavy atom. The third-order valence-electron chi connectivity index (χ3n) is 12.8. The van der Waals surface area contributed by atoms with Gasteiger partial charge in [-0.15, -0.1) is 0 Å². The van der Waals surface area contributed by atoms with Crippen molar-refractivity contribution in [2.24, 2.45) is 23.2 Å². The molecule has 11 nitrogen and oxygen atoms in total. The summed E-state index contributed by atoms with van der Waals surface area (Å²) in [5, 5.41) is 17.3. The van der Waals surface area contributed by atoms with Crippen molar-refractivity contribution in [3.8, 4) is 6.07 Å². The molecule has 12 heteroatoms. The first-order valence-electron chi connectivity index (χ1n) is 18.3. The van der Waals surface area contributed by atoms with Crippen LogP contribution in [-0.4, -0.2) is 97.5 Å². The van der Waals surface area contributed by atoms with E-state index in [-0.39, 0.29) is 35.0 Å². The zero-order valence-electron chi connectivity index (χ0n) is 29.7. The van der Waals surface area contributed by atoms with Gasteiger partial charge in [0.15, 0.2) is 0 Å². The number of carbonyl (C=O) groups excluding carboxylic acids is 2. The number of ether oxygens (including phenoxy) is 1. The number of furan rings is 1. The highest BCUT2D eigenvalue weighted by molar-refractivity contribution is 6.48. The number of urea groups is 1. The number of morpholine rings is 1. The van der Waals surface area contributed by atoms with E-state index in [1.54, 1.807) is 11.2 Å². The van der Waals surface area contributed by atoms with Crippen LogP contribution < -0.4 is 10.6 Å². The van der Waals surface area contributed by atoms with Crippen molar-refractivity contribution in [2.75, 3.05) is 39.4 Å². The Balaban J connectivity index is 1.01. The highest BCUT2D eigenvalue weighted by atomic mass is 16.7. The molecule has 7 atom stereocenters. The lowest BCUT2D eigenvalue weighted by molar-refractivity contribution is -0.199. The number of nitrogens with zero attached hydrogens (tertiary/aromatic N) is 3. The molecule has 2 N–H and O–H groups in total. The summed E-state index contributed by atoms with van der Waals surface area (Å²) in [6.45, 7) is 14.9. The third-order valence-corrected chi connectivity index (χ3v) is 12.8. The van der Waals surface area contributed by atoms with Crippen LogP contribution in [0.3, 0.4) is 0 Å². The lowest BCUT2D eigenvalue weighted by Gasteiger charge is -2.64. The number of carbonyl (C=O) groups is 2. The molecule has 8 rings (SSSR count). The maximum absolute atomic E-state index is 13.7. The molecule has 2 bridgehead atoms. The van der Waals surface area contributed by atoms with Gasteiger partial charge in [0.05, 0.1) is 43.2 Å². The molecule has 1 aromatic heterocycles. The molecule has 1 aromatic carbocycles. The SMILES string of the molecule is CC1(C)C2CC3OB(C(Cc4coc5ccccc45)NC(=O)NCC4CCCN4C(=O)C(C#N)CC(C)(C)N4CCOCC4)O[C@@]3(C)C1C2. The van der Waals surface area contributed by atoms with E-state index in [4.69, 9.17) is 18.5 Å². The Morgan fingerprint density at radius 1 is 1.14 bits per heavy atom. The molecule has 0 radical (unpaired) electrons. The Labute approximate surface area is 290 Å². The molecule has 3 saturated carbocycles. The van der Waals surface area contributed by atoms with Crippen molar-refractivity contribution in [1.82, 2.24) is 20.4 Å². The molecule has 2 aromatic rings. The smallest absolute Gasteiger partial charge is 0.464 e. The predicted octanol–water partition coefficient (Wildman–Crippen LogP) is 4.54. The number of para-hydroxylation sites is 1. The first kappa shape index (κ1) is 34.3. The average Bonchev–Trinajstić information content (AvgIpc) is 3.82. The summed E-state index contributed by atoms with van der Waals surface area (Å²) < 4.78 is 24.8. The first-order chi connectivity index (χ1) is 23.4. The number of rotatable bonds is 10. The minimum atomic E-state index is -0.751. The zero-order valence-corrected chi connectivity index (χ0v) is 29.7.